The quantitative estimate of drug-likeness (QED) is 0.846. The summed E-state index contributed by atoms with van der Waals surface area (Å²) in [4.78, 5) is 14.9. The maximum atomic E-state index is 11.7. The van der Waals surface area contributed by atoms with Crippen LogP contribution < -0.4 is 9.64 Å². The summed E-state index contributed by atoms with van der Waals surface area (Å²) < 4.78 is 24.5. The van der Waals surface area contributed by atoms with Crippen LogP contribution in [0, 0.1) is 4.78 Å². The topological polar surface area (TPSA) is 112 Å². The van der Waals surface area contributed by atoms with Crippen LogP contribution in [0.15, 0.2) is 18.6 Å². The van der Waals surface area contributed by atoms with E-state index in [1.54, 1.807) is 13.3 Å². The van der Waals surface area contributed by atoms with Crippen LogP contribution in [0.1, 0.15) is 12.8 Å². The van der Waals surface area contributed by atoms with E-state index in [1.807, 2.05) is 6.07 Å². The summed E-state index contributed by atoms with van der Waals surface area (Å²) in [5.74, 6) is 1.23. The number of piperidine rings is 1. The minimum atomic E-state index is -2.73. The average molecular weight is 351 g/mol. The maximum absolute atomic E-state index is 11.7. The van der Waals surface area contributed by atoms with Crippen LogP contribution in [0.3, 0.4) is 0 Å². The molecule has 8 nitrogen and oxygen atoms in total. The molecule has 0 amide bonds. The second kappa shape index (κ2) is 6.14. The largest absolute Gasteiger partial charge is 0.479 e. The van der Waals surface area contributed by atoms with Crippen LogP contribution in [0.25, 0.3) is 10.9 Å². The highest BCUT2D eigenvalue weighted by Gasteiger charge is 2.35. The molecular formula is C15H21N5O3S. The standard InChI is InChI=1S/C15H21N5O3S/c1-23-14-12-11(3-6-17-14)13(19-10-18-12)20-7-4-15(21,5-8-20)9-24(2,16)22/h3,6,10,16,21H,4-5,7-9H2,1-2H3. The van der Waals surface area contributed by atoms with Crippen molar-refractivity contribution in [2.45, 2.75) is 18.4 Å². The molecule has 9 heteroatoms. The number of fused-ring (bicyclic) bond motifs is 1. The highest BCUT2D eigenvalue weighted by molar-refractivity contribution is 7.91. The minimum absolute atomic E-state index is 0.0100. The number of hydrogen-bond acceptors (Lipinski definition) is 8. The molecule has 0 spiro atoms. The van der Waals surface area contributed by atoms with Crippen molar-refractivity contribution in [1.29, 1.82) is 4.78 Å². The first-order valence-corrected chi connectivity index (χ1v) is 9.77. The van der Waals surface area contributed by atoms with Crippen LogP contribution in [-0.2, 0) is 9.73 Å². The lowest BCUT2D eigenvalue weighted by atomic mass is 9.93. The molecule has 24 heavy (non-hydrogen) atoms. The molecule has 0 aliphatic carbocycles. The number of anilines is 1. The van der Waals surface area contributed by atoms with Gasteiger partial charge in [0.25, 0.3) is 0 Å². The molecular weight excluding hydrogens is 330 g/mol. The molecule has 2 aromatic heterocycles. The summed E-state index contributed by atoms with van der Waals surface area (Å²) in [7, 11) is -1.18. The van der Waals surface area contributed by atoms with E-state index < -0.39 is 15.3 Å². The number of ether oxygens (including phenoxy) is 1. The van der Waals surface area contributed by atoms with E-state index in [0.29, 0.717) is 37.3 Å². The lowest BCUT2D eigenvalue weighted by molar-refractivity contribution is 0.0389. The number of hydrogen-bond donors (Lipinski definition) is 2. The third-order valence-electron chi connectivity index (χ3n) is 4.23. The van der Waals surface area contributed by atoms with Gasteiger partial charge in [-0.1, -0.05) is 0 Å². The van der Waals surface area contributed by atoms with Gasteiger partial charge < -0.3 is 14.7 Å². The first-order chi connectivity index (χ1) is 11.3. The Bertz CT molecular complexity index is 847. The zero-order chi connectivity index (χ0) is 17.4. The number of rotatable bonds is 4. The lowest BCUT2D eigenvalue weighted by Crippen LogP contribution is -2.48. The number of nitrogens with zero attached hydrogens (tertiary/aromatic N) is 4. The Balaban J connectivity index is 1.86. The molecule has 1 unspecified atom stereocenters. The van der Waals surface area contributed by atoms with Gasteiger partial charge in [0.1, 0.15) is 17.7 Å². The van der Waals surface area contributed by atoms with Gasteiger partial charge in [-0.15, -0.1) is 0 Å². The summed E-state index contributed by atoms with van der Waals surface area (Å²) in [6, 6.07) is 1.84. The zero-order valence-electron chi connectivity index (χ0n) is 13.7. The Labute approximate surface area is 140 Å². The molecule has 0 radical (unpaired) electrons. The van der Waals surface area contributed by atoms with Crippen molar-refractivity contribution < 1.29 is 14.1 Å². The first-order valence-electron chi connectivity index (χ1n) is 7.64. The minimum Gasteiger partial charge on any atom is -0.479 e. The summed E-state index contributed by atoms with van der Waals surface area (Å²) >= 11 is 0. The fourth-order valence-electron chi connectivity index (χ4n) is 3.14. The molecule has 2 N–H and O–H groups in total. The van der Waals surface area contributed by atoms with Gasteiger partial charge in [0.15, 0.2) is 0 Å². The Morgan fingerprint density at radius 3 is 2.71 bits per heavy atom. The van der Waals surface area contributed by atoms with E-state index in [2.05, 4.69) is 19.9 Å². The third kappa shape index (κ3) is 3.41. The van der Waals surface area contributed by atoms with Crippen molar-refractivity contribution in [1.82, 2.24) is 15.0 Å². The van der Waals surface area contributed by atoms with E-state index in [4.69, 9.17) is 9.52 Å². The van der Waals surface area contributed by atoms with Crippen molar-refractivity contribution in [3.8, 4) is 5.88 Å². The van der Waals surface area contributed by atoms with Gasteiger partial charge in [-0.05, 0) is 18.9 Å². The maximum Gasteiger partial charge on any atom is 0.240 e. The van der Waals surface area contributed by atoms with Gasteiger partial charge >= 0.3 is 0 Å². The molecule has 1 atom stereocenters. The Kier molecular flexibility index (Phi) is 4.31. The fraction of sp³-hybridized carbons (Fsp3) is 0.533. The van der Waals surface area contributed by atoms with Crippen molar-refractivity contribution >= 4 is 26.4 Å². The van der Waals surface area contributed by atoms with Crippen molar-refractivity contribution in [3.05, 3.63) is 18.6 Å². The van der Waals surface area contributed by atoms with E-state index in [1.165, 1.54) is 12.6 Å². The SMILES string of the molecule is COc1nccc2c(N3CCC(O)(CS(C)(=N)=O)CC3)ncnc12. The Morgan fingerprint density at radius 2 is 2.08 bits per heavy atom. The van der Waals surface area contributed by atoms with E-state index in [0.717, 1.165) is 11.2 Å². The summed E-state index contributed by atoms with van der Waals surface area (Å²) in [6.45, 7) is 1.14. The molecule has 1 aliphatic rings. The van der Waals surface area contributed by atoms with Crippen molar-refractivity contribution in [2.24, 2.45) is 0 Å². The Morgan fingerprint density at radius 1 is 1.38 bits per heavy atom. The smallest absolute Gasteiger partial charge is 0.240 e. The number of aliphatic hydroxyl groups is 1. The van der Waals surface area contributed by atoms with Crippen molar-refractivity contribution in [3.63, 3.8) is 0 Å². The number of aromatic nitrogens is 3. The van der Waals surface area contributed by atoms with E-state index in [9.17, 15) is 9.32 Å². The van der Waals surface area contributed by atoms with Gasteiger partial charge in [-0.25, -0.2) is 15.0 Å². The van der Waals surface area contributed by atoms with Gasteiger partial charge in [0.2, 0.25) is 5.88 Å². The predicted octanol–water partition coefficient (Wildman–Crippen LogP) is 1.04. The van der Waals surface area contributed by atoms with Crippen molar-refractivity contribution in [2.75, 3.05) is 37.1 Å². The van der Waals surface area contributed by atoms with E-state index >= 15 is 0 Å². The highest BCUT2D eigenvalue weighted by atomic mass is 32.2. The molecule has 3 heterocycles. The molecule has 1 saturated heterocycles. The van der Waals surface area contributed by atoms with Crippen LogP contribution >= 0.6 is 0 Å². The van der Waals surface area contributed by atoms with Gasteiger partial charge in [0.05, 0.1) is 18.5 Å². The summed E-state index contributed by atoms with van der Waals surface area (Å²) in [5.41, 5.74) is -0.403. The van der Waals surface area contributed by atoms with Crippen LogP contribution in [0.4, 0.5) is 5.82 Å². The average Bonchev–Trinajstić information content (AvgIpc) is 2.52. The number of methoxy groups -OCH3 is 1. The van der Waals surface area contributed by atoms with Gasteiger partial charge in [-0.2, -0.15) is 0 Å². The molecule has 1 fully saturated rings. The molecule has 1 aliphatic heterocycles. The molecule has 3 rings (SSSR count). The first kappa shape index (κ1) is 16.8. The molecule has 0 saturated carbocycles. The van der Waals surface area contributed by atoms with Gasteiger partial charge in [-0.3, -0.25) is 8.99 Å². The molecule has 0 bridgehead atoms. The van der Waals surface area contributed by atoms with Crippen LogP contribution in [0.5, 0.6) is 5.88 Å². The second-order valence-corrected chi connectivity index (χ2v) is 8.57. The number of nitrogens with one attached hydrogen (secondary N) is 1. The van der Waals surface area contributed by atoms with Crippen LogP contribution in [-0.4, -0.2) is 62.1 Å². The normalized spacial score (nSPS) is 19.9. The second-order valence-electron chi connectivity index (χ2n) is 6.27. The zero-order valence-corrected chi connectivity index (χ0v) is 14.5. The van der Waals surface area contributed by atoms with Gasteiger partial charge in [0, 0.05) is 40.7 Å². The Hall–Kier alpha value is -2.00. The lowest BCUT2D eigenvalue weighted by Gasteiger charge is -2.38. The monoisotopic (exact) mass is 351 g/mol. The summed E-state index contributed by atoms with van der Waals surface area (Å²) in [6.07, 6.45) is 5.40. The van der Waals surface area contributed by atoms with Crippen LogP contribution in [0.2, 0.25) is 0 Å². The third-order valence-corrected chi connectivity index (χ3v) is 5.32. The highest BCUT2D eigenvalue weighted by Crippen LogP contribution is 2.31. The molecule has 130 valence electrons. The number of pyridine rings is 1. The molecule has 0 aromatic carbocycles. The summed E-state index contributed by atoms with van der Waals surface area (Å²) in [5, 5.41) is 11.4. The van der Waals surface area contributed by atoms with E-state index in [-0.39, 0.29) is 5.75 Å². The molecule has 2 aromatic rings. The fourth-order valence-corrected chi connectivity index (χ4v) is 4.46. The predicted molar refractivity (Wildman–Crippen MR) is 91.9 cm³/mol.